The van der Waals surface area contributed by atoms with Gasteiger partial charge in [-0.3, -0.25) is 4.40 Å². The SMILES string of the molecule is CC(C)N(C(=O)O)c1nnc2c(NCc3cccc(-c4ccccc4)c3)nccn12. The Morgan fingerprint density at radius 3 is 2.60 bits per heavy atom. The quantitative estimate of drug-likeness (QED) is 0.499. The predicted molar refractivity (Wildman–Crippen MR) is 116 cm³/mol. The van der Waals surface area contributed by atoms with Crippen molar-refractivity contribution < 1.29 is 9.90 Å². The van der Waals surface area contributed by atoms with Crippen molar-refractivity contribution in [3.63, 3.8) is 0 Å². The lowest BCUT2D eigenvalue weighted by molar-refractivity contribution is 0.199. The van der Waals surface area contributed by atoms with Crippen molar-refractivity contribution >= 4 is 23.5 Å². The fourth-order valence-corrected chi connectivity index (χ4v) is 3.32. The summed E-state index contributed by atoms with van der Waals surface area (Å²) in [7, 11) is 0. The molecule has 0 fully saturated rings. The van der Waals surface area contributed by atoms with Crippen LogP contribution in [0.4, 0.5) is 16.6 Å². The van der Waals surface area contributed by atoms with Crippen molar-refractivity contribution in [3.8, 4) is 11.1 Å². The van der Waals surface area contributed by atoms with E-state index in [0.717, 1.165) is 16.7 Å². The van der Waals surface area contributed by atoms with Gasteiger partial charge in [-0.25, -0.2) is 14.7 Å². The second kappa shape index (κ2) is 8.20. The van der Waals surface area contributed by atoms with Crippen molar-refractivity contribution in [1.29, 1.82) is 0 Å². The van der Waals surface area contributed by atoms with Crippen LogP contribution in [0.25, 0.3) is 16.8 Å². The third-order valence-electron chi connectivity index (χ3n) is 4.74. The Hall–Kier alpha value is -3.94. The van der Waals surface area contributed by atoms with Crippen LogP contribution in [-0.4, -0.2) is 36.8 Å². The average Bonchev–Trinajstić information content (AvgIpc) is 3.17. The molecule has 0 aliphatic rings. The molecule has 0 aliphatic carbocycles. The molecule has 4 rings (SSSR count). The molecule has 0 bridgehead atoms. The topological polar surface area (TPSA) is 95.7 Å². The van der Waals surface area contributed by atoms with Crippen LogP contribution in [0.1, 0.15) is 19.4 Å². The fraction of sp³-hybridized carbons (Fsp3) is 0.182. The number of carboxylic acid groups (broad SMARTS) is 1. The summed E-state index contributed by atoms with van der Waals surface area (Å²) in [6, 6.07) is 18.2. The molecule has 152 valence electrons. The summed E-state index contributed by atoms with van der Waals surface area (Å²) in [5.74, 6) is 0.777. The predicted octanol–water partition coefficient (Wildman–Crippen LogP) is 4.30. The molecule has 0 aliphatic heterocycles. The van der Waals surface area contributed by atoms with Crippen molar-refractivity contribution in [3.05, 3.63) is 72.6 Å². The Bertz CT molecular complexity index is 1170. The number of aromatic nitrogens is 4. The molecule has 1 amide bonds. The minimum Gasteiger partial charge on any atom is -0.465 e. The third kappa shape index (κ3) is 3.80. The highest BCUT2D eigenvalue weighted by Gasteiger charge is 2.24. The molecule has 0 radical (unpaired) electrons. The summed E-state index contributed by atoms with van der Waals surface area (Å²) in [5, 5.41) is 21.1. The number of hydrogen-bond donors (Lipinski definition) is 2. The number of rotatable bonds is 6. The summed E-state index contributed by atoms with van der Waals surface area (Å²) < 4.78 is 1.63. The van der Waals surface area contributed by atoms with Gasteiger partial charge < -0.3 is 10.4 Å². The van der Waals surface area contributed by atoms with Crippen molar-refractivity contribution in [1.82, 2.24) is 19.6 Å². The van der Waals surface area contributed by atoms with E-state index in [2.05, 4.69) is 44.8 Å². The number of carbonyl (C=O) groups is 1. The van der Waals surface area contributed by atoms with E-state index in [1.165, 1.54) is 4.90 Å². The smallest absolute Gasteiger partial charge is 0.414 e. The third-order valence-corrected chi connectivity index (χ3v) is 4.74. The van der Waals surface area contributed by atoms with Crippen LogP contribution in [0, 0.1) is 0 Å². The lowest BCUT2D eigenvalue weighted by Crippen LogP contribution is -2.37. The standard InChI is InChI=1S/C22H22N6O2/c1-15(2)28(22(29)30)21-26-25-20-19(23-11-12-27(20)21)24-14-16-7-6-10-18(13-16)17-8-4-3-5-9-17/h3-13,15H,14H2,1-2H3,(H,23,24)(H,29,30). The summed E-state index contributed by atoms with van der Waals surface area (Å²) in [6.45, 7) is 4.12. The Morgan fingerprint density at radius 2 is 1.87 bits per heavy atom. The first-order chi connectivity index (χ1) is 14.5. The van der Waals surface area contributed by atoms with Crippen LogP contribution in [0.5, 0.6) is 0 Å². The van der Waals surface area contributed by atoms with Crippen LogP contribution >= 0.6 is 0 Å². The van der Waals surface area contributed by atoms with Crippen LogP contribution in [-0.2, 0) is 6.54 Å². The number of nitrogens with one attached hydrogen (secondary N) is 1. The van der Waals surface area contributed by atoms with E-state index in [1.807, 2.05) is 30.3 Å². The number of hydrogen-bond acceptors (Lipinski definition) is 5. The molecule has 2 heterocycles. The van der Waals surface area contributed by atoms with Gasteiger partial charge in [0.2, 0.25) is 11.6 Å². The number of fused-ring (bicyclic) bond motifs is 1. The minimum absolute atomic E-state index is 0.240. The molecular formula is C22H22N6O2. The maximum atomic E-state index is 11.6. The Kier molecular flexibility index (Phi) is 5.30. The lowest BCUT2D eigenvalue weighted by Gasteiger charge is -2.20. The number of amides is 1. The zero-order chi connectivity index (χ0) is 21.1. The molecule has 0 saturated carbocycles. The second-order valence-corrected chi connectivity index (χ2v) is 7.14. The molecule has 4 aromatic rings. The molecule has 2 N–H and O–H groups in total. The highest BCUT2D eigenvalue weighted by Crippen LogP contribution is 2.22. The fourth-order valence-electron chi connectivity index (χ4n) is 3.32. The van der Waals surface area contributed by atoms with E-state index in [0.29, 0.717) is 18.0 Å². The van der Waals surface area contributed by atoms with E-state index in [9.17, 15) is 9.90 Å². The Balaban J connectivity index is 1.59. The van der Waals surface area contributed by atoms with Gasteiger partial charge >= 0.3 is 6.09 Å². The van der Waals surface area contributed by atoms with Crippen molar-refractivity contribution in [2.45, 2.75) is 26.4 Å². The van der Waals surface area contributed by atoms with Gasteiger partial charge in [0, 0.05) is 25.0 Å². The van der Waals surface area contributed by atoms with Crippen molar-refractivity contribution in [2.75, 3.05) is 10.2 Å². The van der Waals surface area contributed by atoms with Crippen LogP contribution < -0.4 is 10.2 Å². The summed E-state index contributed by atoms with van der Waals surface area (Å²) in [4.78, 5) is 17.2. The molecule has 8 heteroatoms. The largest absolute Gasteiger partial charge is 0.465 e. The summed E-state index contributed by atoms with van der Waals surface area (Å²) in [5.41, 5.74) is 3.86. The monoisotopic (exact) mass is 402 g/mol. The lowest BCUT2D eigenvalue weighted by atomic mass is 10.0. The van der Waals surface area contributed by atoms with Gasteiger partial charge in [-0.05, 0) is 36.6 Å². The maximum absolute atomic E-state index is 11.6. The highest BCUT2D eigenvalue weighted by atomic mass is 16.4. The highest BCUT2D eigenvalue weighted by molar-refractivity contribution is 5.85. The summed E-state index contributed by atoms with van der Waals surface area (Å²) in [6.07, 6.45) is 2.18. The van der Waals surface area contributed by atoms with E-state index < -0.39 is 6.09 Å². The van der Waals surface area contributed by atoms with Gasteiger partial charge in [0.25, 0.3) is 0 Å². The van der Waals surface area contributed by atoms with Gasteiger partial charge in [-0.2, -0.15) is 0 Å². The first-order valence-electron chi connectivity index (χ1n) is 9.64. The van der Waals surface area contributed by atoms with Gasteiger partial charge in [0.05, 0.1) is 0 Å². The Labute approximate surface area is 173 Å². The van der Waals surface area contributed by atoms with Crippen molar-refractivity contribution in [2.24, 2.45) is 0 Å². The summed E-state index contributed by atoms with van der Waals surface area (Å²) >= 11 is 0. The number of benzene rings is 2. The van der Waals surface area contributed by atoms with Gasteiger partial charge in [0.1, 0.15) is 0 Å². The molecule has 2 aromatic heterocycles. The van der Waals surface area contributed by atoms with Crippen LogP contribution in [0.2, 0.25) is 0 Å². The minimum atomic E-state index is -1.08. The van der Waals surface area contributed by atoms with E-state index in [-0.39, 0.29) is 12.0 Å². The molecule has 0 spiro atoms. The molecule has 0 atom stereocenters. The molecule has 0 unspecified atom stereocenters. The normalized spacial score (nSPS) is 11.0. The molecule has 30 heavy (non-hydrogen) atoms. The van der Waals surface area contributed by atoms with Gasteiger partial charge in [-0.1, -0.05) is 48.5 Å². The first-order valence-corrected chi connectivity index (χ1v) is 9.64. The number of nitrogens with zero attached hydrogens (tertiary/aromatic N) is 5. The molecule has 8 nitrogen and oxygen atoms in total. The van der Waals surface area contributed by atoms with Crippen LogP contribution in [0.15, 0.2) is 67.0 Å². The average molecular weight is 402 g/mol. The van der Waals surface area contributed by atoms with E-state index >= 15 is 0 Å². The van der Waals surface area contributed by atoms with Crippen LogP contribution in [0.3, 0.4) is 0 Å². The van der Waals surface area contributed by atoms with Gasteiger partial charge in [-0.15, -0.1) is 10.2 Å². The second-order valence-electron chi connectivity index (χ2n) is 7.14. The number of anilines is 2. The molecule has 2 aromatic carbocycles. The first kappa shape index (κ1) is 19.4. The zero-order valence-electron chi connectivity index (χ0n) is 16.7. The van der Waals surface area contributed by atoms with E-state index in [4.69, 9.17) is 0 Å². The van der Waals surface area contributed by atoms with E-state index in [1.54, 1.807) is 30.6 Å². The molecule has 0 saturated heterocycles. The Morgan fingerprint density at radius 1 is 1.10 bits per heavy atom. The zero-order valence-corrected chi connectivity index (χ0v) is 16.7. The maximum Gasteiger partial charge on any atom is 0.414 e. The molecular weight excluding hydrogens is 380 g/mol. The van der Waals surface area contributed by atoms with Gasteiger partial charge in [0.15, 0.2) is 5.82 Å².